The van der Waals surface area contributed by atoms with Crippen molar-refractivity contribution >= 4 is 5.97 Å². The first-order chi connectivity index (χ1) is 7.03. The van der Waals surface area contributed by atoms with Gasteiger partial charge < -0.3 is 5.11 Å². The van der Waals surface area contributed by atoms with Gasteiger partial charge in [-0.3, -0.25) is 10.1 Å². The lowest BCUT2D eigenvalue weighted by molar-refractivity contribution is -0.149. The van der Waals surface area contributed by atoms with Crippen LogP contribution >= 0.6 is 0 Å². The molecule has 1 rings (SSSR count). The SMILES string of the molecule is C#CCNC1(C(=O)O)CCC(C)CC1C. The second kappa shape index (κ2) is 4.67. The Morgan fingerprint density at radius 2 is 2.33 bits per heavy atom. The first kappa shape index (κ1) is 12.1. The Morgan fingerprint density at radius 3 is 2.80 bits per heavy atom. The number of nitrogens with one attached hydrogen (secondary N) is 1. The number of terminal acetylenes is 1. The van der Waals surface area contributed by atoms with Crippen molar-refractivity contribution in [2.45, 2.75) is 38.6 Å². The van der Waals surface area contributed by atoms with E-state index < -0.39 is 11.5 Å². The fourth-order valence-electron chi connectivity index (χ4n) is 2.51. The van der Waals surface area contributed by atoms with Gasteiger partial charge >= 0.3 is 5.97 Å². The number of hydrogen-bond donors (Lipinski definition) is 2. The van der Waals surface area contributed by atoms with E-state index in [-0.39, 0.29) is 5.92 Å². The van der Waals surface area contributed by atoms with Gasteiger partial charge in [0.05, 0.1) is 6.54 Å². The molecule has 84 valence electrons. The molecule has 3 unspecified atom stereocenters. The molecule has 2 N–H and O–H groups in total. The molecule has 3 nitrogen and oxygen atoms in total. The lowest BCUT2D eigenvalue weighted by atomic mass is 9.70. The average molecular weight is 209 g/mol. The zero-order chi connectivity index (χ0) is 11.5. The van der Waals surface area contributed by atoms with Crippen LogP contribution in [0.5, 0.6) is 0 Å². The third-order valence-corrected chi connectivity index (χ3v) is 3.52. The van der Waals surface area contributed by atoms with Crippen molar-refractivity contribution in [3.05, 3.63) is 0 Å². The maximum Gasteiger partial charge on any atom is 0.324 e. The zero-order valence-corrected chi connectivity index (χ0v) is 9.42. The first-order valence-corrected chi connectivity index (χ1v) is 5.45. The number of carboxylic acids is 1. The highest BCUT2D eigenvalue weighted by atomic mass is 16.4. The van der Waals surface area contributed by atoms with Crippen molar-refractivity contribution in [1.29, 1.82) is 0 Å². The van der Waals surface area contributed by atoms with Crippen molar-refractivity contribution in [1.82, 2.24) is 5.32 Å². The summed E-state index contributed by atoms with van der Waals surface area (Å²) in [7, 11) is 0. The molecule has 0 bridgehead atoms. The standard InChI is InChI=1S/C12H19NO2/c1-4-7-13-12(11(14)15)6-5-9(2)8-10(12)3/h1,9-10,13H,5-8H2,2-3H3,(H,14,15). The Kier molecular flexibility index (Phi) is 3.76. The summed E-state index contributed by atoms with van der Waals surface area (Å²) in [6.45, 7) is 4.49. The topological polar surface area (TPSA) is 49.3 Å². The molecule has 0 aromatic rings. The van der Waals surface area contributed by atoms with E-state index in [2.05, 4.69) is 18.2 Å². The Bertz CT molecular complexity index is 282. The quantitative estimate of drug-likeness (QED) is 0.692. The van der Waals surface area contributed by atoms with Gasteiger partial charge in [0, 0.05) is 0 Å². The van der Waals surface area contributed by atoms with Crippen LogP contribution in [0.25, 0.3) is 0 Å². The van der Waals surface area contributed by atoms with Crippen molar-refractivity contribution < 1.29 is 9.90 Å². The molecule has 0 aromatic carbocycles. The summed E-state index contributed by atoms with van der Waals surface area (Å²) in [4.78, 5) is 11.4. The molecule has 3 heteroatoms. The van der Waals surface area contributed by atoms with Gasteiger partial charge in [-0.05, 0) is 31.1 Å². The molecule has 3 atom stereocenters. The van der Waals surface area contributed by atoms with Crippen LogP contribution in [0.4, 0.5) is 0 Å². The Labute approximate surface area is 91.3 Å². The van der Waals surface area contributed by atoms with E-state index >= 15 is 0 Å². The molecule has 0 aromatic heterocycles. The summed E-state index contributed by atoms with van der Waals surface area (Å²) < 4.78 is 0. The van der Waals surface area contributed by atoms with Gasteiger partial charge in [-0.15, -0.1) is 6.42 Å². The Balaban J connectivity index is 2.81. The van der Waals surface area contributed by atoms with Crippen LogP contribution in [0.1, 0.15) is 33.1 Å². The van der Waals surface area contributed by atoms with E-state index in [0.29, 0.717) is 18.9 Å². The van der Waals surface area contributed by atoms with Crippen molar-refractivity contribution in [2.75, 3.05) is 6.54 Å². The van der Waals surface area contributed by atoms with Crippen LogP contribution < -0.4 is 5.32 Å². The largest absolute Gasteiger partial charge is 0.480 e. The molecule has 0 amide bonds. The molecule has 0 aliphatic heterocycles. The van der Waals surface area contributed by atoms with Crippen LogP contribution in [0.15, 0.2) is 0 Å². The van der Waals surface area contributed by atoms with Crippen LogP contribution in [0.3, 0.4) is 0 Å². The lowest BCUT2D eigenvalue weighted by Crippen LogP contribution is -2.59. The van der Waals surface area contributed by atoms with Gasteiger partial charge in [-0.1, -0.05) is 19.8 Å². The van der Waals surface area contributed by atoms with Crippen molar-refractivity contribution in [3.63, 3.8) is 0 Å². The molecular weight excluding hydrogens is 190 g/mol. The van der Waals surface area contributed by atoms with Crippen molar-refractivity contribution in [2.24, 2.45) is 11.8 Å². The third-order valence-electron chi connectivity index (χ3n) is 3.52. The number of rotatable bonds is 3. The van der Waals surface area contributed by atoms with Gasteiger partial charge in [0.15, 0.2) is 0 Å². The summed E-state index contributed by atoms with van der Waals surface area (Å²) >= 11 is 0. The van der Waals surface area contributed by atoms with E-state index in [1.807, 2.05) is 6.92 Å². The van der Waals surface area contributed by atoms with Gasteiger partial charge in [0.1, 0.15) is 5.54 Å². The molecule has 1 aliphatic rings. The van der Waals surface area contributed by atoms with Crippen LogP contribution in [-0.4, -0.2) is 23.2 Å². The number of carboxylic acid groups (broad SMARTS) is 1. The summed E-state index contributed by atoms with van der Waals surface area (Å²) in [5.41, 5.74) is -0.807. The Hall–Kier alpha value is -1.01. The fraction of sp³-hybridized carbons (Fsp3) is 0.750. The normalized spacial score (nSPS) is 35.8. The molecule has 0 heterocycles. The molecule has 15 heavy (non-hydrogen) atoms. The number of carbonyl (C=O) groups is 1. The monoisotopic (exact) mass is 209 g/mol. The minimum Gasteiger partial charge on any atom is -0.480 e. The molecule has 0 spiro atoms. The van der Waals surface area contributed by atoms with Gasteiger partial charge in [-0.2, -0.15) is 0 Å². The van der Waals surface area contributed by atoms with E-state index in [1.165, 1.54) is 0 Å². The summed E-state index contributed by atoms with van der Waals surface area (Å²) in [5.74, 6) is 2.43. The maximum atomic E-state index is 11.4. The fourth-order valence-corrected chi connectivity index (χ4v) is 2.51. The van der Waals surface area contributed by atoms with E-state index in [4.69, 9.17) is 6.42 Å². The Morgan fingerprint density at radius 1 is 1.67 bits per heavy atom. The highest BCUT2D eigenvalue weighted by Crippen LogP contribution is 2.36. The predicted octanol–water partition coefficient (Wildman–Crippen LogP) is 1.49. The molecule has 1 aliphatic carbocycles. The molecule has 0 radical (unpaired) electrons. The van der Waals surface area contributed by atoms with Crippen molar-refractivity contribution in [3.8, 4) is 12.3 Å². The third kappa shape index (κ3) is 2.32. The van der Waals surface area contributed by atoms with E-state index in [9.17, 15) is 9.90 Å². The van der Waals surface area contributed by atoms with E-state index in [1.54, 1.807) is 0 Å². The minimum atomic E-state index is -0.807. The molecule has 1 saturated carbocycles. The highest BCUT2D eigenvalue weighted by molar-refractivity contribution is 5.79. The summed E-state index contributed by atoms with van der Waals surface area (Å²) in [6, 6.07) is 0. The second-order valence-corrected chi connectivity index (χ2v) is 4.61. The molecular formula is C12H19NO2. The second-order valence-electron chi connectivity index (χ2n) is 4.61. The molecule has 1 fully saturated rings. The maximum absolute atomic E-state index is 11.4. The number of hydrogen-bond acceptors (Lipinski definition) is 2. The summed E-state index contributed by atoms with van der Waals surface area (Å²) in [5, 5.41) is 12.4. The smallest absolute Gasteiger partial charge is 0.324 e. The minimum absolute atomic E-state index is 0.132. The van der Waals surface area contributed by atoms with Crippen LogP contribution in [0, 0.1) is 24.2 Å². The predicted molar refractivity (Wildman–Crippen MR) is 59.4 cm³/mol. The van der Waals surface area contributed by atoms with Gasteiger partial charge in [0.2, 0.25) is 0 Å². The van der Waals surface area contributed by atoms with Gasteiger partial charge in [-0.25, -0.2) is 0 Å². The highest BCUT2D eigenvalue weighted by Gasteiger charge is 2.45. The first-order valence-electron chi connectivity index (χ1n) is 5.45. The van der Waals surface area contributed by atoms with E-state index in [0.717, 1.165) is 12.8 Å². The average Bonchev–Trinajstić information content (AvgIpc) is 2.16. The van der Waals surface area contributed by atoms with Crippen LogP contribution in [0.2, 0.25) is 0 Å². The zero-order valence-electron chi connectivity index (χ0n) is 9.42. The van der Waals surface area contributed by atoms with Crippen LogP contribution in [-0.2, 0) is 4.79 Å². The van der Waals surface area contributed by atoms with Gasteiger partial charge in [0.25, 0.3) is 0 Å². The number of aliphatic carboxylic acids is 1. The lowest BCUT2D eigenvalue weighted by Gasteiger charge is -2.41. The molecule has 0 saturated heterocycles. The summed E-state index contributed by atoms with van der Waals surface area (Å²) in [6.07, 6.45) is 7.75.